The van der Waals surface area contributed by atoms with Crippen molar-refractivity contribution in [1.82, 2.24) is 4.90 Å². The van der Waals surface area contributed by atoms with Crippen molar-refractivity contribution in [3.8, 4) is 0 Å². The maximum absolute atomic E-state index is 12.2. The Hall–Kier alpha value is -1.90. The van der Waals surface area contributed by atoms with Crippen molar-refractivity contribution in [1.29, 1.82) is 0 Å². The lowest BCUT2D eigenvalue weighted by Crippen LogP contribution is -2.33. The Labute approximate surface area is 151 Å². The monoisotopic (exact) mass is 339 g/mol. The quantitative estimate of drug-likeness (QED) is 0.688. The van der Waals surface area contributed by atoms with Crippen LogP contribution < -0.4 is 0 Å². The number of carbonyl (C=O) groups is 2. The highest BCUT2D eigenvalue weighted by atomic mass is 16.2. The predicted octanol–water partition coefficient (Wildman–Crippen LogP) is 4.46. The third-order valence-corrected chi connectivity index (χ3v) is 5.47. The van der Waals surface area contributed by atoms with E-state index in [1.165, 1.54) is 44.9 Å². The summed E-state index contributed by atoms with van der Waals surface area (Å²) in [7, 11) is 0. The molecule has 1 aliphatic heterocycles. The normalized spacial score (nSPS) is 19.2. The standard InChI is InChI=1S/C22H29NO2/c1-4-7-15-14-16-10-11-19(23-20(24)12-13-21(23)25)22(16)18(9-6-3)17(15)8-5-2/h12-14,19H,4-11H2,1-3H3/t19-/m0/s1. The summed E-state index contributed by atoms with van der Waals surface area (Å²) >= 11 is 0. The van der Waals surface area contributed by atoms with Gasteiger partial charge in [0.2, 0.25) is 0 Å². The van der Waals surface area contributed by atoms with Gasteiger partial charge in [0.05, 0.1) is 6.04 Å². The first-order valence-electron chi connectivity index (χ1n) is 9.83. The third kappa shape index (κ3) is 3.17. The van der Waals surface area contributed by atoms with Crippen LogP contribution in [0.5, 0.6) is 0 Å². The molecule has 3 rings (SSSR count). The lowest BCUT2D eigenvalue weighted by atomic mass is 9.85. The molecular formula is C22H29NO2. The van der Waals surface area contributed by atoms with E-state index in [1.807, 2.05) is 0 Å². The van der Waals surface area contributed by atoms with Gasteiger partial charge in [-0.1, -0.05) is 46.1 Å². The number of fused-ring (bicyclic) bond motifs is 1. The van der Waals surface area contributed by atoms with E-state index in [9.17, 15) is 9.59 Å². The summed E-state index contributed by atoms with van der Waals surface area (Å²) in [4.78, 5) is 26.0. The Morgan fingerprint density at radius 1 is 0.920 bits per heavy atom. The summed E-state index contributed by atoms with van der Waals surface area (Å²) in [5, 5.41) is 0. The fourth-order valence-corrected chi connectivity index (χ4v) is 4.55. The van der Waals surface area contributed by atoms with Crippen LogP contribution in [0, 0.1) is 0 Å². The maximum Gasteiger partial charge on any atom is 0.254 e. The molecule has 2 aliphatic rings. The number of nitrogens with zero attached hydrogens (tertiary/aromatic N) is 1. The fourth-order valence-electron chi connectivity index (χ4n) is 4.55. The smallest absolute Gasteiger partial charge is 0.254 e. The number of hydrogen-bond acceptors (Lipinski definition) is 2. The maximum atomic E-state index is 12.2. The molecule has 1 aromatic rings. The number of aryl methyl sites for hydroxylation is 2. The van der Waals surface area contributed by atoms with E-state index in [4.69, 9.17) is 0 Å². The van der Waals surface area contributed by atoms with E-state index < -0.39 is 0 Å². The molecule has 0 radical (unpaired) electrons. The zero-order chi connectivity index (χ0) is 18.0. The Bertz CT molecular complexity index is 699. The SMILES string of the molecule is CCCc1cc2c(c(CCC)c1CCC)[C@@H](N1C(=O)C=CC1=O)CC2. The lowest BCUT2D eigenvalue weighted by Gasteiger charge is -2.27. The average molecular weight is 339 g/mol. The topological polar surface area (TPSA) is 37.4 Å². The van der Waals surface area contributed by atoms with Gasteiger partial charge in [0.15, 0.2) is 0 Å². The van der Waals surface area contributed by atoms with Crippen LogP contribution in [0.3, 0.4) is 0 Å². The number of amides is 2. The summed E-state index contributed by atoms with van der Waals surface area (Å²) < 4.78 is 0. The Morgan fingerprint density at radius 2 is 1.52 bits per heavy atom. The van der Waals surface area contributed by atoms with Crippen LogP contribution in [0.1, 0.15) is 80.3 Å². The number of carbonyl (C=O) groups excluding carboxylic acids is 2. The highest BCUT2D eigenvalue weighted by molar-refractivity contribution is 6.13. The van der Waals surface area contributed by atoms with Gasteiger partial charge in [-0.25, -0.2) is 0 Å². The summed E-state index contributed by atoms with van der Waals surface area (Å²) in [6, 6.07) is 2.30. The van der Waals surface area contributed by atoms with Gasteiger partial charge in [-0.2, -0.15) is 0 Å². The molecule has 0 saturated carbocycles. The predicted molar refractivity (Wildman–Crippen MR) is 100 cm³/mol. The number of hydrogen-bond donors (Lipinski definition) is 0. The van der Waals surface area contributed by atoms with Gasteiger partial charge in [0.25, 0.3) is 11.8 Å². The van der Waals surface area contributed by atoms with Crippen molar-refractivity contribution in [2.24, 2.45) is 0 Å². The molecule has 0 spiro atoms. The zero-order valence-electron chi connectivity index (χ0n) is 15.7. The minimum Gasteiger partial charge on any atom is -0.269 e. The van der Waals surface area contributed by atoms with Crippen molar-refractivity contribution in [3.63, 3.8) is 0 Å². The minimum absolute atomic E-state index is 0.0715. The molecule has 0 aromatic heterocycles. The van der Waals surface area contributed by atoms with Gasteiger partial charge >= 0.3 is 0 Å². The largest absolute Gasteiger partial charge is 0.269 e. The van der Waals surface area contributed by atoms with E-state index >= 15 is 0 Å². The van der Waals surface area contributed by atoms with E-state index in [-0.39, 0.29) is 17.9 Å². The van der Waals surface area contributed by atoms with Crippen molar-refractivity contribution in [2.45, 2.75) is 78.2 Å². The molecule has 0 bridgehead atoms. The molecule has 1 aliphatic carbocycles. The molecule has 134 valence electrons. The lowest BCUT2D eigenvalue weighted by molar-refractivity contribution is -0.139. The minimum atomic E-state index is -0.153. The van der Waals surface area contributed by atoms with E-state index in [0.717, 1.165) is 51.4 Å². The van der Waals surface area contributed by atoms with Gasteiger partial charge in [-0.3, -0.25) is 14.5 Å². The molecule has 25 heavy (non-hydrogen) atoms. The second kappa shape index (κ2) is 7.55. The van der Waals surface area contributed by atoms with Gasteiger partial charge in [-0.05, 0) is 59.9 Å². The summed E-state index contributed by atoms with van der Waals surface area (Å²) in [6.07, 6.45) is 11.3. The molecule has 1 aromatic carbocycles. The third-order valence-electron chi connectivity index (χ3n) is 5.47. The van der Waals surface area contributed by atoms with Crippen LogP contribution >= 0.6 is 0 Å². The fraction of sp³-hybridized carbons (Fsp3) is 0.545. The van der Waals surface area contributed by atoms with Gasteiger partial charge < -0.3 is 0 Å². The van der Waals surface area contributed by atoms with Gasteiger partial charge in [-0.15, -0.1) is 0 Å². The molecule has 3 nitrogen and oxygen atoms in total. The second-order valence-corrected chi connectivity index (χ2v) is 7.25. The van der Waals surface area contributed by atoms with Gasteiger partial charge in [0, 0.05) is 12.2 Å². The molecule has 2 amide bonds. The van der Waals surface area contributed by atoms with Crippen LogP contribution in [-0.4, -0.2) is 16.7 Å². The Kier molecular flexibility index (Phi) is 5.41. The summed E-state index contributed by atoms with van der Waals surface area (Å²) in [6.45, 7) is 6.68. The number of imide groups is 1. The van der Waals surface area contributed by atoms with E-state index in [2.05, 4.69) is 26.8 Å². The van der Waals surface area contributed by atoms with Crippen molar-refractivity contribution in [2.75, 3.05) is 0 Å². The Balaban J connectivity index is 2.12. The number of benzene rings is 1. The Morgan fingerprint density at radius 3 is 2.12 bits per heavy atom. The average Bonchev–Trinajstić information content (AvgIpc) is 3.14. The van der Waals surface area contributed by atoms with E-state index in [1.54, 1.807) is 0 Å². The molecule has 0 unspecified atom stereocenters. The zero-order valence-corrected chi connectivity index (χ0v) is 15.7. The molecule has 1 heterocycles. The first kappa shape index (κ1) is 17.9. The second-order valence-electron chi connectivity index (χ2n) is 7.25. The number of rotatable bonds is 7. The molecule has 0 N–H and O–H groups in total. The van der Waals surface area contributed by atoms with Crippen LogP contribution in [-0.2, 0) is 35.3 Å². The van der Waals surface area contributed by atoms with Crippen LogP contribution in [0.15, 0.2) is 18.2 Å². The van der Waals surface area contributed by atoms with Crippen LogP contribution in [0.25, 0.3) is 0 Å². The first-order chi connectivity index (χ1) is 12.1. The highest BCUT2D eigenvalue weighted by Gasteiger charge is 2.38. The molecular weight excluding hydrogens is 310 g/mol. The summed E-state index contributed by atoms with van der Waals surface area (Å²) in [5.41, 5.74) is 7.06. The molecule has 1 atom stereocenters. The van der Waals surface area contributed by atoms with Gasteiger partial charge in [0.1, 0.15) is 0 Å². The van der Waals surface area contributed by atoms with Crippen LogP contribution in [0.2, 0.25) is 0 Å². The first-order valence-corrected chi connectivity index (χ1v) is 9.83. The van der Waals surface area contributed by atoms with Crippen molar-refractivity contribution < 1.29 is 9.59 Å². The highest BCUT2D eigenvalue weighted by Crippen LogP contribution is 2.42. The van der Waals surface area contributed by atoms with Crippen molar-refractivity contribution in [3.05, 3.63) is 46.0 Å². The van der Waals surface area contributed by atoms with Crippen LogP contribution in [0.4, 0.5) is 0 Å². The molecule has 3 heteroatoms. The van der Waals surface area contributed by atoms with E-state index in [0.29, 0.717) is 0 Å². The molecule has 0 fully saturated rings. The van der Waals surface area contributed by atoms with Crippen molar-refractivity contribution >= 4 is 11.8 Å². The molecule has 0 saturated heterocycles. The summed E-state index contributed by atoms with van der Waals surface area (Å²) in [5.74, 6) is -0.306.